The van der Waals surface area contributed by atoms with Gasteiger partial charge >= 0.3 is 0 Å². The smallest absolute Gasteiger partial charge is 0.124 e. The maximum atomic E-state index is 6.30. The highest BCUT2D eigenvalue weighted by Crippen LogP contribution is 2.37. The topological polar surface area (TPSA) is 33.7 Å². The van der Waals surface area contributed by atoms with Crippen LogP contribution in [0.25, 0.3) is 0 Å². The van der Waals surface area contributed by atoms with Crippen molar-refractivity contribution < 1.29 is 9.47 Å². The number of benzene rings is 2. The lowest BCUT2D eigenvalue weighted by molar-refractivity contribution is -0.0617. The van der Waals surface area contributed by atoms with Gasteiger partial charge in [0.25, 0.3) is 0 Å². The van der Waals surface area contributed by atoms with Gasteiger partial charge in [-0.3, -0.25) is 4.90 Å². The van der Waals surface area contributed by atoms with E-state index in [0.717, 1.165) is 42.5 Å². The normalized spacial score (nSPS) is 23.7. The Morgan fingerprint density at radius 1 is 1.12 bits per heavy atom. The molecule has 0 bridgehead atoms. The first-order valence-electron chi connectivity index (χ1n) is 8.84. The van der Waals surface area contributed by atoms with Gasteiger partial charge in [-0.15, -0.1) is 0 Å². The van der Waals surface area contributed by atoms with E-state index in [9.17, 15) is 0 Å². The van der Waals surface area contributed by atoms with Crippen molar-refractivity contribution in [2.45, 2.75) is 18.8 Å². The summed E-state index contributed by atoms with van der Waals surface area (Å²) in [5.74, 6) is 0.980. The highest BCUT2D eigenvalue weighted by molar-refractivity contribution is 6.30. The second-order valence-electron chi connectivity index (χ2n) is 6.56. The van der Waals surface area contributed by atoms with Crippen LogP contribution in [-0.4, -0.2) is 43.8 Å². The number of nitrogens with zero attached hydrogens (tertiary/aromatic N) is 1. The summed E-state index contributed by atoms with van der Waals surface area (Å²) in [6.07, 6.45) is 0.00646. The van der Waals surface area contributed by atoms with Gasteiger partial charge in [-0.05, 0) is 23.8 Å². The summed E-state index contributed by atoms with van der Waals surface area (Å²) < 4.78 is 12.3. The number of fused-ring (bicyclic) bond motifs is 1. The minimum Gasteiger partial charge on any atom is -0.490 e. The molecule has 0 amide bonds. The van der Waals surface area contributed by atoms with Gasteiger partial charge in [-0.25, -0.2) is 0 Å². The number of halogens is 1. The van der Waals surface area contributed by atoms with Crippen molar-refractivity contribution in [3.8, 4) is 5.75 Å². The monoisotopic (exact) mass is 358 g/mol. The lowest BCUT2D eigenvalue weighted by Gasteiger charge is -2.42. The number of hydrogen-bond donors (Lipinski definition) is 1. The number of rotatable bonds is 4. The lowest BCUT2D eigenvalue weighted by Crippen LogP contribution is -2.51. The first-order chi connectivity index (χ1) is 12.3. The van der Waals surface area contributed by atoms with Gasteiger partial charge in [0.2, 0.25) is 0 Å². The van der Waals surface area contributed by atoms with Gasteiger partial charge in [0.15, 0.2) is 0 Å². The number of ether oxygens (including phenoxy) is 2. The van der Waals surface area contributed by atoms with Crippen LogP contribution >= 0.6 is 11.6 Å². The van der Waals surface area contributed by atoms with Crippen molar-refractivity contribution in [3.63, 3.8) is 0 Å². The van der Waals surface area contributed by atoms with Crippen LogP contribution in [0.1, 0.15) is 17.2 Å². The average molecular weight is 359 g/mol. The SMILES string of the molecule is Clc1cccc(COC2COc3ccccc3C2N2CCNCC2)c1. The molecular formula is C20H23ClN2O2. The van der Waals surface area contributed by atoms with Crippen molar-refractivity contribution >= 4 is 11.6 Å². The van der Waals surface area contributed by atoms with Gasteiger partial charge in [0, 0.05) is 36.8 Å². The Morgan fingerprint density at radius 3 is 2.80 bits per heavy atom. The molecule has 2 heterocycles. The molecule has 1 fully saturated rings. The minimum absolute atomic E-state index is 0.00646. The highest BCUT2D eigenvalue weighted by atomic mass is 35.5. The maximum absolute atomic E-state index is 6.30. The molecule has 2 unspecified atom stereocenters. The Bertz CT molecular complexity index is 718. The van der Waals surface area contributed by atoms with Gasteiger partial charge in [0.1, 0.15) is 18.5 Å². The van der Waals surface area contributed by atoms with E-state index in [1.165, 1.54) is 5.56 Å². The summed E-state index contributed by atoms with van der Waals surface area (Å²) in [6.45, 7) is 5.19. The van der Waals surface area contributed by atoms with E-state index in [1.807, 2.05) is 30.3 Å². The summed E-state index contributed by atoms with van der Waals surface area (Å²) >= 11 is 6.09. The van der Waals surface area contributed by atoms with E-state index >= 15 is 0 Å². The molecule has 2 aromatic carbocycles. The molecule has 4 rings (SSSR count). The molecule has 0 aliphatic carbocycles. The van der Waals surface area contributed by atoms with E-state index in [1.54, 1.807) is 0 Å². The summed E-state index contributed by atoms with van der Waals surface area (Å²) in [7, 11) is 0. The van der Waals surface area contributed by atoms with E-state index in [-0.39, 0.29) is 12.1 Å². The average Bonchev–Trinajstić information content (AvgIpc) is 2.66. The number of piperazine rings is 1. The first kappa shape index (κ1) is 16.9. The fraction of sp³-hybridized carbons (Fsp3) is 0.400. The third kappa shape index (κ3) is 3.82. The van der Waals surface area contributed by atoms with E-state index in [0.29, 0.717) is 13.2 Å². The molecule has 0 aromatic heterocycles. The molecule has 5 heteroatoms. The lowest BCUT2D eigenvalue weighted by atomic mass is 9.95. The molecule has 0 radical (unpaired) electrons. The second kappa shape index (κ2) is 7.75. The van der Waals surface area contributed by atoms with Crippen LogP contribution in [0, 0.1) is 0 Å². The van der Waals surface area contributed by atoms with E-state index in [2.05, 4.69) is 28.4 Å². The Balaban J connectivity index is 1.55. The molecule has 4 nitrogen and oxygen atoms in total. The van der Waals surface area contributed by atoms with Crippen LogP contribution in [0.4, 0.5) is 0 Å². The second-order valence-corrected chi connectivity index (χ2v) is 7.00. The largest absolute Gasteiger partial charge is 0.490 e. The number of nitrogens with one attached hydrogen (secondary N) is 1. The van der Waals surface area contributed by atoms with Crippen molar-refractivity contribution in [2.24, 2.45) is 0 Å². The Morgan fingerprint density at radius 2 is 1.96 bits per heavy atom. The zero-order valence-electron chi connectivity index (χ0n) is 14.2. The molecule has 2 atom stereocenters. The van der Waals surface area contributed by atoms with Gasteiger partial charge < -0.3 is 14.8 Å². The van der Waals surface area contributed by atoms with Crippen LogP contribution in [0.15, 0.2) is 48.5 Å². The molecule has 0 spiro atoms. The summed E-state index contributed by atoms with van der Waals surface area (Å²) in [4.78, 5) is 2.51. The predicted octanol–water partition coefficient (Wildman–Crippen LogP) is 3.26. The number of para-hydroxylation sites is 1. The van der Waals surface area contributed by atoms with Crippen LogP contribution < -0.4 is 10.1 Å². The molecule has 25 heavy (non-hydrogen) atoms. The Labute approximate surface area is 153 Å². The molecule has 132 valence electrons. The maximum Gasteiger partial charge on any atom is 0.124 e. The van der Waals surface area contributed by atoms with Crippen LogP contribution in [0.5, 0.6) is 5.75 Å². The fourth-order valence-corrected chi connectivity index (χ4v) is 3.89. The molecular weight excluding hydrogens is 336 g/mol. The molecule has 1 N–H and O–H groups in total. The van der Waals surface area contributed by atoms with Crippen LogP contribution in [0.3, 0.4) is 0 Å². The van der Waals surface area contributed by atoms with Gasteiger partial charge in [0.05, 0.1) is 12.6 Å². The van der Waals surface area contributed by atoms with Crippen molar-refractivity contribution in [2.75, 3.05) is 32.8 Å². The Hall–Kier alpha value is -1.59. The van der Waals surface area contributed by atoms with Crippen molar-refractivity contribution in [3.05, 3.63) is 64.7 Å². The predicted molar refractivity (Wildman–Crippen MR) is 99.1 cm³/mol. The fourth-order valence-electron chi connectivity index (χ4n) is 3.68. The number of hydrogen-bond acceptors (Lipinski definition) is 4. The third-order valence-corrected chi connectivity index (χ3v) is 5.13. The Kier molecular flexibility index (Phi) is 5.22. The molecule has 2 aliphatic rings. The highest BCUT2D eigenvalue weighted by Gasteiger charge is 2.36. The molecule has 1 saturated heterocycles. The molecule has 0 saturated carbocycles. The molecule has 2 aromatic rings. The standard InChI is InChI=1S/C20H23ClN2O2/c21-16-5-3-4-15(12-16)13-24-19-14-25-18-7-2-1-6-17(18)20(19)23-10-8-22-9-11-23/h1-7,12,19-20,22H,8-11,13-14H2. The van der Waals surface area contributed by atoms with Crippen molar-refractivity contribution in [1.29, 1.82) is 0 Å². The summed E-state index contributed by atoms with van der Waals surface area (Å²) in [6, 6.07) is 16.4. The van der Waals surface area contributed by atoms with Gasteiger partial charge in [-0.1, -0.05) is 41.9 Å². The minimum atomic E-state index is 0.00646. The van der Waals surface area contributed by atoms with Crippen LogP contribution in [-0.2, 0) is 11.3 Å². The third-order valence-electron chi connectivity index (χ3n) is 4.89. The van der Waals surface area contributed by atoms with Gasteiger partial charge in [-0.2, -0.15) is 0 Å². The molecule has 2 aliphatic heterocycles. The quantitative estimate of drug-likeness (QED) is 0.909. The van der Waals surface area contributed by atoms with E-state index in [4.69, 9.17) is 21.1 Å². The van der Waals surface area contributed by atoms with Crippen LogP contribution in [0.2, 0.25) is 5.02 Å². The first-order valence-corrected chi connectivity index (χ1v) is 9.21. The zero-order chi connectivity index (χ0) is 17.1. The van der Waals surface area contributed by atoms with E-state index < -0.39 is 0 Å². The summed E-state index contributed by atoms with van der Waals surface area (Å²) in [5.41, 5.74) is 2.32. The zero-order valence-corrected chi connectivity index (χ0v) is 14.9. The summed E-state index contributed by atoms with van der Waals surface area (Å²) in [5, 5.41) is 4.17. The van der Waals surface area contributed by atoms with Crippen molar-refractivity contribution in [1.82, 2.24) is 10.2 Å².